The van der Waals surface area contributed by atoms with Crippen LogP contribution in [0, 0.1) is 26.6 Å². The van der Waals surface area contributed by atoms with Gasteiger partial charge in [-0.1, -0.05) is 23.7 Å². The molecule has 0 fully saturated rings. The second-order valence-electron chi connectivity index (χ2n) is 6.86. The number of nitrogens with zero attached hydrogens (tertiary/aromatic N) is 3. The molecular weight excluding hydrogens is 391 g/mol. The van der Waals surface area contributed by atoms with Crippen LogP contribution in [0.4, 0.5) is 10.1 Å². The van der Waals surface area contributed by atoms with Crippen molar-refractivity contribution in [2.45, 2.75) is 20.8 Å². The maximum Gasteiger partial charge on any atom is 0.258 e. The first-order valence-corrected chi connectivity index (χ1v) is 9.42. The molecule has 0 saturated heterocycles. The van der Waals surface area contributed by atoms with Crippen LogP contribution in [0.25, 0.3) is 16.7 Å². The fourth-order valence-corrected chi connectivity index (χ4v) is 3.56. The summed E-state index contributed by atoms with van der Waals surface area (Å²) in [6.45, 7) is 5.73. The Kier molecular flexibility index (Phi) is 4.80. The number of carbonyl (C=O) groups is 1. The molecule has 0 bridgehead atoms. The van der Waals surface area contributed by atoms with E-state index in [4.69, 9.17) is 11.6 Å². The lowest BCUT2D eigenvalue weighted by Gasteiger charge is -2.11. The minimum absolute atomic E-state index is 0.266. The fourth-order valence-electron chi connectivity index (χ4n) is 3.21. The number of benzene rings is 2. The quantitative estimate of drug-likeness (QED) is 0.494. The van der Waals surface area contributed by atoms with Gasteiger partial charge in [-0.15, -0.1) is 0 Å². The number of fused-ring (bicyclic) bond motifs is 1. The Morgan fingerprint density at radius 2 is 1.83 bits per heavy atom. The van der Waals surface area contributed by atoms with E-state index in [1.807, 2.05) is 32.0 Å². The van der Waals surface area contributed by atoms with E-state index in [1.54, 1.807) is 23.7 Å². The largest absolute Gasteiger partial charge is 0.322 e. The average molecular weight is 409 g/mol. The van der Waals surface area contributed by atoms with Gasteiger partial charge in [-0.05, 0) is 62.2 Å². The van der Waals surface area contributed by atoms with Gasteiger partial charge in [0.25, 0.3) is 5.91 Å². The molecule has 0 spiro atoms. The predicted molar refractivity (Wildman–Crippen MR) is 112 cm³/mol. The summed E-state index contributed by atoms with van der Waals surface area (Å²) in [5.41, 5.74) is 4.85. The Morgan fingerprint density at radius 1 is 1.10 bits per heavy atom. The third kappa shape index (κ3) is 3.36. The van der Waals surface area contributed by atoms with Gasteiger partial charge in [0.1, 0.15) is 5.82 Å². The molecule has 0 atom stereocenters. The van der Waals surface area contributed by atoms with Crippen LogP contribution in [0.2, 0.25) is 5.02 Å². The van der Waals surface area contributed by atoms with Crippen LogP contribution in [0.1, 0.15) is 27.2 Å². The molecule has 4 rings (SSSR count). The lowest BCUT2D eigenvalue weighted by molar-refractivity contribution is 0.102. The number of aromatic nitrogens is 3. The number of amides is 1. The first kappa shape index (κ1) is 19.1. The lowest BCUT2D eigenvalue weighted by atomic mass is 10.1. The van der Waals surface area contributed by atoms with Crippen LogP contribution in [0.15, 0.2) is 48.7 Å². The molecule has 29 heavy (non-hydrogen) atoms. The number of pyridine rings is 1. The monoisotopic (exact) mass is 408 g/mol. The third-order valence-corrected chi connectivity index (χ3v) is 5.37. The van der Waals surface area contributed by atoms with Crippen molar-refractivity contribution in [1.82, 2.24) is 14.8 Å². The smallest absolute Gasteiger partial charge is 0.258 e. The molecule has 146 valence electrons. The first-order valence-electron chi connectivity index (χ1n) is 9.04. The molecule has 1 amide bonds. The third-order valence-electron chi connectivity index (χ3n) is 4.98. The second kappa shape index (κ2) is 7.29. The number of halogens is 2. The topological polar surface area (TPSA) is 59.8 Å². The summed E-state index contributed by atoms with van der Waals surface area (Å²) < 4.78 is 14.8. The summed E-state index contributed by atoms with van der Waals surface area (Å²) in [7, 11) is 0. The first-order chi connectivity index (χ1) is 13.9. The zero-order valence-corrected chi connectivity index (χ0v) is 16.9. The van der Waals surface area contributed by atoms with E-state index < -0.39 is 0 Å². The Labute approximate surface area is 172 Å². The molecule has 2 aromatic carbocycles. The van der Waals surface area contributed by atoms with Crippen molar-refractivity contribution in [2.24, 2.45) is 0 Å². The molecule has 0 saturated carbocycles. The van der Waals surface area contributed by atoms with Gasteiger partial charge in [0.2, 0.25) is 0 Å². The van der Waals surface area contributed by atoms with E-state index in [0.717, 1.165) is 16.8 Å². The molecule has 0 radical (unpaired) electrons. The summed E-state index contributed by atoms with van der Waals surface area (Å²) in [5, 5.41) is 8.25. The highest BCUT2D eigenvalue weighted by Crippen LogP contribution is 2.31. The van der Waals surface area contributed by atoms with Crippen molar-refractivity contribution in [3.63, 3.8) is 0 Å². The molecule has 4 aromatic rings. The molecule has 0 aliphatic rings. The molecule has 2 aromatic heterocycles. The summed E-state index contributed by atoms with van der Waals surface area (Å²) in [4.78, 5) is 17.3. The zero-order chi connectivity index (χ0) is 20.7. The van der Waals surface area contributed by atoms with Crippen molar-refractivity contribution in [3.05, 3.63) is 81.9 Å². The van der Waals surface area contributed by atoms with Gasteiger partial charge in [0.05, 0.1) is 27.4 Å². The zero-order valence-electron chi connectivity index (χ0n) is 16.1. The highest BCUT2D eigenvalue weighted by Gasteiger charge is 2.20. The average Bonchev–Trinajstić information content (AvgIpc) is 3.03. The van der Waals surface area contributed by atoms with Gasteiger partial charge < -0.3 is 5.32 Å². The Bertz CT molecular complexity index is 1250. The van der Waals surface area contributed by atoms with Crippen LogP contribution in [0.3, 0.4) is 0 Å². The molecule has 0 unspecified atom stereocenters. The standard InChI is InChI=1S/C22H18ClFN4O/c1-12-5-4-6-18(13(12)2)26-22(29)17-11-25-21-19(20(17)23)14(3)27-28(21)16-9-7-15(24)8-10-16/h4-11H,1-3H3,(H,26,29). The van der Waals surface area contributed by atoms with Gasteiger partial charge >= 0.3 is 0 Å². The number of rotatable bonds is 3. The van der Waals surface area contributed by atoms with Crippen molar-refractivity contribution >= 4 is 34.2 Å². The van der Waals surface area contributed by atoms with Crippen molar-refractivity contribution < 1.29 is 9.18 Å². The molecule has 1 N–H and O–H groups in total. The van der Waals surface area contributed by atoms with Crippen LogP contribution in [0.5, 0.6) is 0 Å². The number of aryl methyl sites for hydroxylation is 2. The number of carbonyl (C=O) groups excluding carboxylic acids is 1. The van der Waals surface area contributed by atoms with E-state index in [2.05, 4.69) is 15.4 Å². The van der Waals surface area contributed by atoms with Crippen LogP contribution in [-0.2, 0) is 0 Å². The summed E-state index contributed by atoms with van der Waals surface area (Å²) in [6.07, 6.45) is 1.44. The Balaban J connectivity index is 1.76. The lowest BCUT2D eigenvalue weighted by Crippen LogP contribution is -2.14. The minimum Gasteiger partial charge on any atom is -0.322 e. The molecular formula is C22H18ClFN4O. The van der Waals surface area contributed by atoms with Gasteiger partial charge in [0, 0.05) is 11.9 Å². The van der Waals surface area contributed by atoms with E-state index in [-0.39, 0.29) is 22.3 Å². The van der Waals surface area contributed by atoms with Crippen molar-refractivity contribution in [2.75, 3.05) is 5.32 Å². The second-order valence-corrected chi connectivity index (χ2v) is 7.24. The normalized spacial score (nSPS) is 11.1. The molecule has 0 aliphatic carbocycles. The maximum atomic E-state index is 13.2. The molecule has 0 aliphatic heterocycles. The number of hydrogen-bond acceptors (Lipinski definition) is 3. The SMILES string of the molecule is Cc1cccc(NC(=O)c2cnc3c(c(C)nn3-c3ccc(F)cc3)c2Cl)c1C. The molecule has 2 heterocycles. The molecule has 7 heteroatoms. The highest BCUT2D eigenvalue weighted by molar-refractivity contribution is 6.39. The van der Waals surface area contributed by atoms with E-state index in [9.17, 15) is 9.18 Å². The van der Waals surface area contributed by atoms with Crippen LogP contribution >= 0.6 is 11.6 Å². The highest BCUT2D eigenvalue weighted by atomic mass is 35.5. The van der Waals surface area contributed by atoms with Crippen molar-refractivity contribution in [1.29, 1.82) is 0 Å². The van der Waals surface area contributed by atoms with Crippen LogP contribution in [-0.4, -0.2) is 20.7 Å². The minimum atomic E-state index is -0.341. The van der Waals surface area contributed by atoms with E-state index in [0.29, 0.717) is 22.4 Å². The fraction of sp³-hybridized carbons (Fsp3) is 0.136. The van der Waals surface area contributed by atoms with Gasteiger partial charge in [-0.25, -0.2) is 14.1 Å². The Morgan fingerprint density at radius 3 is 2.55 bits per heavy atom. The molecule has 5 nitrogen and oxygen atoms in total. The number of hydrogen-bond donors (Lipinski definition) is 1. The predicted octanol–water partition coefficient (Wildman–Crippen LogP) is 5.39. The summed E-state index contributed by atoms with van der Waals surface area (Å²) in [6, 6.07) is 11.6. The number of nitrogens with one attached hydrogen (secondary N) is 1. The van der Waals surface area contributed by atoms with Crippen LogP contribution < -0.4 is 5.32 Å². The number of anilines is 1. The summed E-state index contributed by atoms with van der Waals surface area (Å²) in [5.74, 6) is -0.676. The Hall–Kier alpha value is -3.25. The van der Waals surface area contributed by atoms with Gasteiger partial charge in [0.15, 0.2) is 5.65 Å². The van der Waals surface area contributed by atoms with Gasteiger partial charge in [-0.3, -0.25) is 4.79 Å². The maximum absolute atomic E-state index is 13.2. The van der Waals surface area contributed by atoms with Gasteiger partial charge in [-0.2, -0.15) is 5.10 Å². The van der Waals surface area contributed by atoms with Crippen molar-refractivity contribution in [3.8, 4) is 5.69 Å². The van der Waals surface area contributed by atoms with E-state index in [1.165, 1.54) is 18.3 Å². The summed E-state index contributed by atoms with van der Waals surface area (Å²) >= 11 is 6.59. The van der Waals surface area contributed by atoms with E-state index >= 15 is 0 Å².